The fourth-order valence-corrected chi connectivity index (χ4v) is 1.64. The van der Waals surface area contributed by atoms with Gasteiger partial charge in [0.15, 0.2) is 0 Å². The van der Waals surface area contributed by atoms with Crippen LogP contribution in [-0.2, 0) is 4.74 Å². The Kier molecular flexibility index (Phi) is 2.20. The van der Waals surface area contributed by atoms with Gasteiger partial charge in [0, 0.05) is 5.75 Å². The lowest BCUT2D eigenvalue weighted by atomic mass is 10.3. The maximum Gasteiger partial charge on any atom is 0.149 e. The molecule has 1 rings (SSSR count). The molecule has 47 valence electrons. The normalized spacial score (nSPS) is 31.5. The Bertz CT molecular complexity index is 74.9. The molecule has 1 fully saturated rings. The number of ether oxygens (including phenoxy) is 1. The van der Waals surface area contributed by atoms with E-state index in [9.17, 15) is 0 Å². The van der Waals surface area contributed by atoms with E-state index >= 15 is 0 Å². The van der Waals surface area contributed by atoms with E-state index in [1.165, 1.54) is 0 Å². The molecule has 0 aromatic carbocycles. The molecule has 0 spiro atoms. The van der Waals surface area contributed by atoms with Crippen molar-refractivity contribution < 1.29 is 4.74 Å². The third kappa shape index (κ3) is 1.39. The van der Waals surface area contributed by atoms with Crippen molar-refractivity contribution in [1.82, 2.24) is 0 Å². The zero-order valence-electron chi connectivity index (χ0n) is 5.31. The molecule has 1 unspecified atom stereocenters. The average Bonchev–Trinajstić information content (AvgIpc) is 2.14. The molecular formula is C6H11OS. The van der Waals surface area contributed by atoms with Gasteiger partial charge >= 0.3 is 0 Å². The highest BCUT2D eigenvalue weighted by atomic mass is 32.2. The molecule has 1 radical (unpaired) electrons. The molecule has 0 aromatic heterocycles. The van der Waals surface area contributed by atoms with Gasteiger partial charge < -0.3 is 4.74 Å². The van der Waals surface area contributed by atoms with Crippen LogP contribution in [0.4, 0.5) is 0 Å². The second-order valence-electron chi connectivity index (χ2n) is 1.95. The van der Waals surface area contributed by atoms with Crippen molar-refractivity contribution in [2.75, 3.05) is 5.75 Å². The van der Waals surface area contributed by atoms with Gasteiger partial charge in [0.1, 0.15) is 5.44 Å². The second-order valence-corrected chi connectivity index (χ2v) is 3.15. The third-order valence-electron chi connectivity index (χ3n) is 1.26. The first kappa shape index (κ1) is 6.43. The number of rotatable bonds is 1. The zero-order chi connectivity index (χ0) is 5.98. The summed E-state index contributed by atoms with van der Waals surface area (Å²) in [6, 6.07) is 0. The van der Waals surface area contributed by atoms with E-state index in [1.54, 1.807) is 0 Å². The van der Waals surface area contributed by atoms with Crippen molar-refractivity contribution >= 4 is 11.8 Å². The summed E-state index contributed by atoms with van der Waals surface area (Å²) < 4.78 is 5.39. The van der Waals surface area contributed by atoms with Crippen LogP contribution in [-0.4, -0.2) is 11.9 Å². The van der Waals surface area contributed by atoms with Gasteiger partial charge in [0.2, 0.25) is 0 Å². The number of thioether (sulfide) groups is 1. The smallest absolute Gasteiger partial charge is 0.149 e. The van der Waals surface area contributed by atoms with Crippen LogP contribution in [0.15, 0.2) is 0 Å². The lowest BCUT2D eigenvalue weighted by Crippen LogP contribution is -2.05. The van der Waals surface area contributed by atoms with Crippen molar-refractivity contribution in [2.24, 2.45) is 0 Å². The molecule has 0 aliphatic carbocycles. The van der Waals surface area contributed by atoms with E-state index in [0.29, 0.717) is 6.10 Å². The lowest BCUT2D eigenvalue weighted by molar-refractivity contribution is 0.128. The maximum atomic E-state index is 5.39. The number of hydrogen-bond acceptors (Lipinski definition) is 2. The van der Waals surface area contributed by atoms with Gasteiger partial charge in [-0.3, -0.25) is 0 Å². The summed E-state index contributed by atoms with van der Waals surface area (Å²) in [5.41, 5.74) is 1.14. The molecule has 2 heteroatoms. The van der Waals surface area contributed by atoms with Crippen LogP contribution in [0.3, 0.4) is 0 Å². The molecule has 1 atom stereocenters. The molecule has 8 heavy (non-hydrogen) atoms. The van der Waals surface area contributed by atoms with E-state index in [1.807, 2.05) is 18.7 Å². The first-order chi connectivity index (χ1) is 3.83. The van der Waals surface area contributed by atoms with Gasteiger partial charge in [-0.15, -0.1) is 11.8 Å². The van der Waals surface area contributed by atoms with Crippen molar-refractivity contribution in [3.05, 3.63) is 5.44 Å². The highest BCUT2D eigenvalue weighted by molar-refractivity contribution is 8.02. The third-order valence-corrected chi connectivity index (χ3v) is 2.30. The van der Waals surface area contributed by atoms with Crippen molar-refractivity contribution in [3.8, 4) is 0 Å². The van der Waals surface area contributed by atoms with E-state index in [4.69, 9.17) is 4.74 Å². The fourth-order valence-electron chi connectivity index (χ4n) is 0.714. The minimum atomic E-state index is 0.500. The molecule has 0 N–H and O–H groups in total. The molecule has 1 nitrogen and oxygen atoms in total. The first-order valence-electron chi connectivity index (χ1n) is 2.96. The predicted octanol–water partition coefficient (Wildman–Crippen LogP) is 2.04. The predicted molar refractivity (Wildman–Crippen MR) is 36.5 cm³/mol. The molecule has 0 amide bonds. The molecule has 1 saturated heterocycles. The van der Waals surface area contributed by atoms with Gasteiger partial charge in [-0.1, -0.05) is 6.92 Å². The lowest BCUT2D eigenvalue weighted by Gasteiger charge is -2.03. The molecular weight excluding hydrogens is 120 g/mol. The molecule has 1 aliphatic heterocycles. The monoisotopic (exact) mass is 131 g/mol. The molecule has 1 heterocycles. The summed E-state index contributed by atoms with van der Waals surface area (Å²) in [6.07, 6.45) is 1.64. The summed E-state index contributed by atoms with van der Waals surface area (Å²) in [5.74, 6) is 1.16. The first-order valence-corrected chi connectivity index (χ1v) is 3.94. The Labute approximate surface area is 54.8 Å². The van der Waals surface area contributed by atoms with Crippen LogP contribution < -0.4 is 0 Å². The van der Waals surface area contributed by atoms with Gasteiger partial charge in [-0.25, -0.2) is 0 Å². The molecule has 1 aliphatic rings. The zero-order valence-corrected chi connectivity index (χ0v) is 6.12. The Morgan fingerprint density at radius 3 is 2.88 bits per heavy atom. The minimum Gasteiger partial charge on any atom is -0.357 e. The van der Waals surface area contributed by atoms with Gasteiger partial charge in [-0.05, 0) is 13.3 Å². The highest BCUT2D eigenvalue weighted by Gasteiger charge is 2.20. The Hall–Kier alpha value is 0.310. The van der Waals surface area contributed by atoms with Crippen LogP contribution in [0.1, 0.15) is 20.3 Å². The fraction of sp³-hybridized carbons (Fsp3) is 0.833. The second kappa shape index (κ2) is 2.74. The summed E-state index contributed by atoms with van der Waals surface area (Å²) >= 11 is 1.82. The van der Waals surface area contributed by atoms with Crippen LogP contribution in [0, 0.1) is 5.44 Å². The molecule has 0 bridgehead atoms. The standard InChI is InChI=1S/C6H11OS/c1-3-6-4-8-5(2)7-6/h6H,3-4H2,1-2H3. The van der Waals surface area contributed by atoms with E-state index in [-0.39, 0.29) is 0 Å². The molecule has 0 saturated carbocycles. The molecule has 0 aromatic rings. The van der Waals surface area contributed by atoms with Crippen molar-refractivity contribution in [2.45, 2.75) is 26.4 Å². The Balaban J connectivity index is 2.22. The Morgan fingerprint density at radius 2 is 2.62 bits per heavy atom. The summed E-state index contributed by atoms with van der Waals surface area (Å²) in [5, 5.41) is 0. The average molecular weight is 131 g/mol. The van der Waals surface area contributed by atoms with Gasteiger partial charge in [-0.2, -0.15) is 0 Å². The topological polar surface area (TPSA) is 9.23 Å². The van der Waals surface area contributed by atoms with Crippen molar-refractivity contribution in [3.63, 3.8) is 0 Å². The van der Waals surface area contributed by atoms with Crippen molar-refractivity contribution in [1.29, 1.82) is 0 Å². The number of hydrogen-bond donors (Lipinski definition) is 0. The van der Waals surface area contributed by atoms with Crippen LogP contribution >= 0.6 is 11.8 Å². The quantitative estimate of drug-likeness (QED) is 0.538. The SMILES string of the molecule is CCC1CS[C](C)O1. The van der Waals surface area contributed by atoms with Crippen LogP contribution in [0.2, 0.25) is 0 Å². The van der Waals surface area contributed by atoms with E-state index in [2.05, 4.69) is 6.92 Å². The van der Waals surface area contributed by atoms with E-state index in [0.717, 1.165) is 17.6 Å². The minimum absolute atomic E-state index is 0.500. The highest BCUT2D eigenvalue weighted by Crippen LogP contribution is 2.31. The van der Waals surface area contributed by atoms with E-state index < -0.39 is 0 Å². The Morgan fingerprint density at radius 1 is 1.88 bits per heavy atom. The van der Waals surface area contributed by atoms with Gasteiger partial charge in [0.05, 0.1) is 6.10 Å². The summed E-state index contributed by atoms with van der Waals surface area (Å²) in [7, 11) is 0. The summed E-state index contributed by atoms with van der Waals surface area (Å²) in [4.78, 5) is 0. The van der Waals surface area contributed by atoms with Gasteiger partial charge in [0.25, 0.3) is 0 Å². The van der Waals surface area contributed by atoms with Crippen LogP contribution in [0.25, 0.3) is 0 Å². The largest absolute Gasteiger partial charge is 0.357 e. The van der Waals surface area contributed by atoms with Crippen LogP contribution in [0.5, 0.6) is 0 Å². The summed E-state index contributed by atoms with van der Waals surface area (Å²) in [6.45, 7) is 4.18. The maximum absolute atomic E-state index is 5.39.